The first kappa shape index (κ1) is 10.3. The molecule has 13 heavy (non-hydrogen) atoms. The van der Waals surface area contributed by atoms with E-state index in [0.717, 1.165) is 6.42 Å². The van der Waals surface area contributed by atoms with Crippen molar-refractivity contribution in [1.29, 1.82) is 0 Å². The maximum Gasteiger partial charge on any atom is 0.0502 e. The summed E-state index contributed by atoms with van der Waals surface area (Å²) in [5.74, 6) is 0.846. The molecule has 0 heterocycles. The molecule has 1 N–H and O–H groups in total. The Morgan fingerprint density at radius 3 is 2.31 bits per heavy atom. The summed E-state index contributed by atoms with van der Waals surface area (Å²) in [5, 5.41) is 9.28. The van der Waals surface area contributed by atoms with Crippen molar-refractivity contribution in [3.63, 3.8) is 0 Å². The standard InChI is InChI=1S/C12H18O/c1-3-10(2)12(9-13)11-7-5-4-6-8-11/h4-8,10,12-13H,3,9H2,1-2H3/t10?,12-/m1/s1. The molecule has 1 aromatic rings. The van der Waals surface area contributed by atoms with E-state index in [9.17, 15) is 5.11 Å². The Kier molecular flexibility index (Phi) is 3.97. The Labute approximate surface area is 80.4 Å². The molecule has 0 aliphatic carbocycles. The van der Waals surface area contributed by atoms with Crippen molar-refractivity contribution in [1.82, 2.24) is 0 Å². The van der Waals surface area contributed by atoms with Gasteiger partial charge in [-0.25, -0.2) is 0 Å². The molecule has 0 radical (unpaired) electrons. The topological polar surface area (TPSA) is 20.2 Å². The molecule has 0 amide bonds. The number of rotatable bonds is 4. The summed E-state index contributed by atoms with van der Waals surface area (Å²) in [5.41, 5.74) is 1.25. The number of hydrogen-bond acceptors (Lipinski definition) is 1. The fourth-order valence-electron chi connectivity index (χ4n) is 1.60. The molecular weight excluding hydrogens is 160 g/mol. The molecule has 1 nitrogen and oxygen atoms in total. The first-order chi connectivity index (χ1) is 6.29. The summed E-state index contributed by atoms with van der Waals surface area (Å²) in [4.78, 5) is 0. The molecule has 0 fully saturated rings. The smallest absolute Gasteiger partial charge is 0.0502 e. The lowest BCUT2D eigenvalue weighted by Gasteiger charge is -2.20. The summed E-state index contributed by atoms with van der Waals surface area (Å²) in [6.07, 6.45) is 1.11. The molecule has 0 bridgehead atoms. The van der Waals surface area contributed by atoms with Crippen LogP contribution in [0, 0.1) is 5.92 Å². The van der Waals surface area contributed by atoms with Crippen LogP contribution in [0.3, 0.4) is 0 Å². The van der Waals surface area contributed by atoms with Crippen LogP contribution < -0.4 is 0 Å². The Hall–Kier alpha value is -0.820. The number of aliphatic hydroxyl groups is 1. The second-order valence-corrected chi connectivity index (χ2v) is 3.59. The highest BCUT2D eigenvalue weighted by Gasteiger charge is 2.15. The van der Waals surface area contributed by atoms with Gasteiger partial charge in [-0.15, -0.1) is 0 Å². The second-order valence-electron chi connectivity index (χ2n) is 3.59. The average Bonchev–Trinajstić information content (AvgIpc) is 2.20. The van der Waals surface area contributed by atoms with Gasteiger partial charge >= 0.3 is 0 Å². The maximum atomic E-state index is 9.28. The van der Waals surface area contributed by atoms with Crippen molar-refractivity contribution in [2.24, 2.45) is 5.92 Å². The highest BCUT2D eigenvalue weighted by Crippen LogP contribution is 2.25. The van der Waals surface area contributed by atoms with Gasteiger partial charge in [0.2, 0.25) is 0 Å². The lowest BCUT2D eigenvalue weighted by atomic mass is 9.86. The van der Waals surface area contributed by atoms with Crippen molar-refractivity contribution in [3.05, 3.63) is 35.9 Å². The zero-order valence-electron chi connectivity index (χ0n) is 8.40. The summed E-state index contributed by atoms with van der Waals surface area (Å²) >= 11 is 0. The van der Waals surface area contributed by atoms with Crippen LogP contribution in [-0.2, 0) is 0 Å². The fraction of sp³-hybridized carbons (Fsp3) is 0.500. The van der Waals surface area contributed by atoms with Gasteiger partial charge in [-0.1, -0.05) is 50.6 Å². The van der Waals surface area contributed by atoms with E-state index < -0.39 is 0 Å². The molecule has 1 unspecified atom stereocenters. The van der Waals surface area contributed by atoms with Crippen LogP contribution in [0.4, 0.5) is 0 Å². The van der Waals surface area contributed by atoms with Crippen LogP contribution in [0.5, 0.6) is 0 Å². The molecule has 1 rings (SSSR count). The van der Waals surface area contributed by atoms with Crippen LogP contribution in [0.1, 0.15) is 31.7 Å². The van der Waals surface area contributed by atoms with Gasteiger partial charge in [0.05, 0.1) is 6.61 Å². The van der Waals surface area contributed by atoms with E-state index in [0.29, 0.717) is 11.8 Å². The minimum atomic E-state index is 0.249. The van der Waals surface area contributed by atoms with E-state index in [1.54, 1.807) is 0 Å². The third-order valence-corrected chi connectivity index (χ3v) is 2.76. The van der Waals surface area contributed by atoms with Crippen LogP contribution in [0.25, 0.3) is 0 Å². The van der Waals surface area contributed by atoms with Crippen molar-refractivity contribution in [3.8, 4) is 0 Å². The van der Waals surface area contributed by atoms with Crippen LogP contribution in [0.2, 0.25) is 0 Å². The van der Waals surface area contributed by atoms with Crippen molar-refractivity contribution < 1.29 is 5.11 Å². The largest absolute Gasteiger partial charge is 0.396 e. The van der Waals surface area contributed by atoms with Crippen molar-refractivity contribution >= 4 is 0 Å². The van der Waals surface area contributed by atoms with E-state index in [1.807, 2.05) is 18.2 Å². The van der Waals surface area contributed by atoms with E-state index in [1.165, 1.54) is 5.56 Å². The minimum absolute atomic E-state index is 0.249. The predicted octanol–water partition coefficient (Wildman–Crippen LogP) is 2.81. The first-order valence-corrected chi connectivity index (χ1v) is 4.95. The second kappa shape index (κ2) is 5.03. The van der Waals surface area contributed by atoms with Crippen molar-refractivity contribution in [2.45, 2.75) is 26.2 Å². The normalized spacial score (nSPS) is 15.3. The molecule has 1 heteroatoms. The van der Waals surface area contributed by atoms with Crippen LogP contribution >= 0.6 is 0 Å². The van der Waals surface area contributed by atoms with Gasteiger partial charge in [-0.05, 0) is 11.5 Å². The zero-order chi connectivity index (χ0) is 9.68. The van der Waals surface area contributed by atoms with Gasteiger partial charge in [0.15, 0.2) is 0 Å². The number of hydrogen-bond donors (Lipinski definition) is 1. The van der Waals surface area contributed by atoms with E-state index in [2.05, 4.69) is 26.0 Å². The Morgan fingerprint density at radius 2 is 1.85 bits per heavy atom. The molecule has 2 atom stereocenters. The van der Waals surface area contributed by atoms with Crippen LogP contribution in [0.15, 0.2) is 30.3 Å². The van der Waals surface area contributed by atoms with Gasteiger partial charge in [0, 0.05) is 5.92 Å². The minimum Gasteiger partial charge on any atom is -0.396 e. The molecule has 0 aromatic heterocycles. The third-order valence-electron chi connectivity index (χ3n) is 2.76. The van der Waals surface area contributed by atoms with Crippen LogP contribution in [-0.4, -0.2) is 11.7 Å². The summed E-state index contributed by atoms with van der Waals surface area (Å²) < 4.78 is 0. The van der Waals surface area contributed by atoms with E-state index in [-0.39, 0.29) is 6.61 Å². The van der Waals surface area contributed by atoms with Gasteiger partial charge in [-0.2, -0.15) is 0 Å². The molecule has 0 saturated heterocycles. The Bertz CT molecular complexity index is 230. The molecule has 0 spiro atoms. The average molecular weight is 178 g/mol. The van der Waals surface area contributed by atoms with E-state index in [4.69, 9.17) is 0 Å². The highest BCUT2D eigenvalue weighted by atomic mass is 16.3. The lowest BCUT2D eigenvalue weighted by molar-refractivity contribution is 0.229. The first-order valence-electron chi connectivity index (χ1n) is 4.95. The fourth-order valence-corrected chi connectivity index (χ4v) is 1.60. The van der Waals surface area contributed by atoms with Gasteiger partial charge in [0.25, 0.3) is 0 Å². The zero-order valence-corrected chi connectivity index (χ0v) is 8.40. The predicted molar refractivity (Wildman–Crippen MR) is 55.7 cm³/mol. The monoisotopic (exact) mass is 178 g/mol. The summed E-state index contributed by atoms with van der Waals surface area (Å²) in [6, 6.07) is 10.2. The van der Waals surface area contributed by atoms with E-state index >= 15 is 0 Å². The van der Waals surface area contributed by atoms with Crippen molar-refractivity contribution in [2.75, 3.05) is 6.61 Å². The Balaban J connectivity index is 2.78. The molecule has 1 aromatic carbocycles. The molecule has 0 aliphatic rings. The molecule has 0 aliphatic heterocycles. The Morgan fingerprint density at radius 1 is 1.23 bits per heavy atom. The quantitative estimate of drug-likeness (QED) is 0.751. The molecular formula is C12H18O. The highest BCUT2D eigenvalue weighted by molar-refractivity contribution is 5.20. The van der Waals surface area contributed by atoms with Gasteiger partial charge in [0.1, 0.15) is 0 Å². The summed E-state index contributed by atoms with van der Waals surface area (Å²) in [6.45, 7) is 4.60. The SMILES string of the molecule is CCC(C)[C@@H](CO)c1ccccc1. The van der Waals surface area contributed by atoms with Gasteiger partial charge < -0.3 is 5.11 Å². The number of aliphatic hydroxyl groups excluding tert-OH is 1. The third kappa shape index (κ3) is 2.56. The summed E-state index contributed by atoms with van der Waals surface area (Å²) in [7, 11) is 0. The lowest BCUT2D eigenvalue weighted by Crippen LogP contribution is -2.12. The van der Waals surface area contributed by atoms with Gasteiger partial charge in [-0.3, -0.25) is 0 Å². The maximum absolute atomic E-state index is 9.28. The number of benzene rings is 1. The molecule has 0 saturated carbocycles. The molecule has 72 valence electrons.